The van der Waals surface area contributed by atoms with Crippen LogP contribution in [0.3, 0.4) is 0 Å². The molecule has 111 heavy (non-hydrogen) atoms. The number of hydrogen-bond donors (Lipinski definition) is 9. The molecule has 6 heterocycles. The lowest BCUT2D eigenvalue weighted by Gasteiger charge is -2.36. The van der Waals surface area contributed by atoms with Gasteiger partial charge >= 0.3 is 0 Å². The minimum absolute atomic E-state index is 0.0288. The summed E-state index contributed by atoms with van der Waals surface area (Å²) in [7, 11) is 0. The molecule has 9 rings (SSSR count). The van der Waals surface area contributed by atoms with Gasteiger partial charge in [0.1, 0.15) is 30.2 Å². The number of hydrogen-bond acceptors (Lipinski definition) is 18. The van der Waals surface area contributed by atoms with Crippen molar-refractivity contribution >= 4 is 81.3 Å². The number of nitrogens with zero attached hydrogens (tertiary/aromatic N) is 6. The molecule has 23 nitrogen and oxygen atoms in total. The first-order valence-corrected chi connectivity index (χ1v) is 41.5. The lowest BCUT2D eigenvalue weighted by atomic mass is 9.84. The predicted molar refractivity (Wildman–Crippen MR) is 442 cm³/mol. The summed E-state index contributed by atoms with van der Waals surface area (Å²) in [5.41, 5.74) is 14.4. The molecule has 0 spiro atoms. The van der Waals surface area contributed by atoms with Crippen molar-refractivity contribution in [2.24, 2.45) is 33.5 Å². The number of aryl methyl sites for hydroxylation is 3. The third kappa shape index (κ3) is 24.1. The quantitative estimate of drug-likeness (QED) is 0.0305. The summed E-state index contributed by atoms with van der Waals surface area (Å²) in [5, 5.41) is 49.5. The highest BCUT2D eigenvalue weighted by Crippen LogP contribution is 2.37. The van der Waals surface area contributed by atoms with Crippen LogP contribution in [0.4, 0.5) is 0 Å². The minimum atomic E-state index is -0.828. The van der Waals surface area contributed by atoms with Gasteiger partial charge in [0, 0.05) is 56.8 Å². The third-order valence-corrected chi connectivity index (χ3v) is 23.2. The second kappa shape index (κ2) is 37.9. The Bertz CT molecular complexity index is 4180. The minimum Gasteiger partial charge on any atom is -0.391 e. The van der Waals surface area contributed by atoms with Crippen molar-refractivity contribution in [3.05, 3.63) is 123 Å². The first kappa shape index (κ1) is 90.3. The number of nitrogens with one attached hydrogen (secondary N) is 6. The van der Waals surface area contributed by atoms with Gasteiger partial charge in [0.15, 0.2) is 0 Å². The Morgan fingerprint density at radius 1 is 0.432 bits per heavy atom. The van der Waals surface area contributed by atoms with Crippen molar-refractivity contribution < 1.29 is 53.7 Å². The zero-order chi connectivity index (χ0) is 82.9. The Balaban J connectivity index is 0.000000232. The van der Waals surface area contributed by atoms with E-state index in [-0.39, 0.29) is 133 Å². The normalized spacial score (nSPS) is 19.8. The Morgan fingerprint density at radius 2 is 0.739 bits per heavy atom. The van der Waals surface area contributed by atoms with Crippen LogP contribution in [0.15, 0.2) is 83.3 Å². The number of carbonyl (C=O) groups excluding carboxylic acids is 8. The molecule has 3 aromatic carbocycles. The molecule has 12 atom stereocenters. The van der Waals surface area contributed by atoms with Crippen LogP contribution in [-0.2, 0) is 44.8 Å². The van der Waals surface area contributed by atoms with Gasteiger partial charge in [-0.05, 0) is 115 Å². The van der Waals surface area contributed by atoms with Gasteiger partial charge in [-0.25, -0.2) is 15.0 Å². The second-order valence-electron chi connectivity index (χ2n) is 35.6. The van der Waals surface area contributed by atoms with Crippen LogP contribution in [0.5, 0.6) is 0 Å². The van der Waals surface area contributed by atoms with E-state index >= 15 is 0 Å². The second-order valence-corrected chi connectivity index (χ2v) is 38.2. The van der Waals surface area contributed by atoms with Gasteiger partial charge in [0.2, 0.25) is 47.3 Å². The molecule has 9 N–H and O–H groups in total. The monoisotopic (exact) mass is 1580 g/mol. The number of aliphatic hydroxyl groups excluding tert-OH is 3. The van der Waals surface area contributed by atoms with Crippen molar-refractivity contribution in [1.29, 1.82) is 0 Å². The average molecular weight is 1590 g/mol. The van der Waals surface area contributed by atoms with Crippen molar-refractivity contribution in [2.45, 2.75) is 271 Å². The van der Waals surface area contributed by atoms with Gasteiger partial charge in [0.05, 0.1) is 90.7 Å². The standard InChI is InChI=1S/C32H48N4O4S.C27H38N4O4S.C26H38N4O3S/c1-18(2)28(38)35-27(32(8,9)10)30(40)36-16-23(37)14-25(36)29(39)34-19(3)24-12-11-21(26-20(4)33-17-41-26)13-22(24)15-31(5,6)7;1-15(2)24(33)30-23(27(5,6)7)26(35)31-13-20(32)12-21(31)25(34)29-16(3)18-8-10-19(11-9-18)22-17(4)28-14-36-22;1-15(2)28-23(26(5,6)7)25(33)30-13-20(31)12-21(30)24(32)29-16(3)18-8-10-19(11-9-18)22-17(4)27-14-34-22/h11-13,17-19,23,25,27,37H,14-16H2,1-10H3,(H,34,39)(H,35,38);8-11,14-16,20-21,23,32H,12-13H2,1-7H3,(H,29,34)(H,30,33);8-11,14-16,20-21,23,28,31H,12-13H2,1-7H3,(H,29,32)/t19-,23+,25?,27+;2*16-,20+,21?,23+/m000/s1. The van der Waals surface area contributed by atoms with E-state index in [0.717, 1.165) is 77.1 Å². The summed E-state index contributed by atoms with van der Waals surface area (Å²) in [6, 6.07) is 17.3. The molecule has 608 valence electrons. The fourth-order valence-corrected chi connectivity index (χ4v) is 16.4. The highest BCUT2D eigenvalue weighted by atomic mass is 32.1. The third-order valence-electron chi connectivity index (χ3n) is 20.3. The molecule has 3 aliphatic heterocycles. The van der Waals surface area contributed by atoms with Crippen molar-refractivity contribution in [1.82, 2.24) is 61.6 Å². The van der Waals surface area contributed by atoms with Gasteiger partial charge < -0.3 is 61.9 Å². The molecule has 0 saturated carbocycles. The van der Waals surface area contributed by atoms with Gasteiger partial charge in [-0.15, -0.1) is 34.0 Å². The molecule has 6 aromatic rings. The van der Waals surface area contributed by atoms with E-state index in [4.69, 9.17) is 0 Å². The maximum atomic E-state index is 13.8. The first-order valence-electron chi connectivity index (χ1n) is 38.8. The van der Waals surface area contributed by atoms with Crippen LogP contribution in [-0.4, -0.2) is 172 Å². The zero-order valence-corrected chi connectivity index (χ0v) is 72.2. The maximum Gasteiger partial charge on any atom is 0.246 e. The SMILES string of the molecule is Cc1ncsc1-c1ccc([C@H](C)NC(=O)C2C[C@@H](O)CN2C(=O)[C@@H](NC(=O)C(C)C)C(C)(C)C)c(CC(C)(C)C)c1.Cc1ncsc1-c1ccc([C@H](C)NC(=O)C2C[C@@H](O)CN2C(=O)[C@@H](NC(=O)C(C)C)C(C)(C)C)cc1.Cc1ncsc1-c1ccc([C@H](C)NC(=O)C2C[C@@H](O)CN2C(=O)[C@@H](NC(C)C)C(C)(C)C)cc1. The van der Waals surface area contributed by atoms with Gasteiger partial charge in [0.25, 0.3) is 0 Å². The van der Waals surface area contributed by atoms with E-state index in [1.165, 1.54) is 9.80 Å². The van der Waals surface area contributed by atoms with E-state index in [1.54, 1.807) is 66.6 Å². The molecule has 3 unspecified atom stereocenters. The van der Waals surface area contributed by atoms with Crippen LogP contribution < -0.4 is 31.9 Å². The highest BCUT2D eigenvalue weighted by Gasteiger charge is 2.48. The first-order chi connectivity index (χ1) is 51.6. The van der Waals surface area contributed by atoms with E-state index in [9.17, 15) is 53.7 Å². The van der Waals surface area contributed by atoms with E-state index in [2.05, 4.69) is 85.8 Å². The molecular weight excluding hydrogens is 1460 g/mol. The number of carbonyl (C=O) groups is 8. The smallest absolute Gasteiger partial charge is 0.246 e. The molecule has 26 heteroatoms. The van der Waals surface area contributed by atoms with Crippen molar-refractivity contribution in [3.8, 4) is 31.3 Å². The largest absolute Gasteiger partial charge is 0.391 e. The van der Waals surface area contributed by atoms with Gasteiger partial charge in [-0.2, -0.15) is 0 Å². The Hall–Kier alpha value is -7.85. The predicted octanol–water partition coefficient (Wildman–Crippen LogP) is 12.1. The van der Waals surface area contributed by atoms with Crippen molar-refractivity contribution in [2.75, 3.05) is 19.6 Å². The number of rotatable bonds is 22. The molecular formula is C85H124N12O11S3. The Labute approximate surface area is 670 Å². The number of likely N-dealkylation sites (tertiary alicyclic amines) is 3. The molecule has 8 amide bonds. The van der Waals surface area contributed by atoms with E-state index < -0.39 is 65.4 Å². The highest BCUT2D eigenvalue weighted by molar-refractivity contribution is 7.14. The van der Waals surface area contributed by atoms with Crippen LogP contribution in [0.25, 0.3) is 31.3 Å². The number of amides is 8. The summed E-state index contributed by atoms with van der Waals surface area (Å²) in [6.07, 6.45) is -0.957. The summed E-state index contributed by atoms with van der Waals surface area (Å²) < 4.78 is 0. The summed E-state index contributed by atoms with van der Waals surface area (Å²) in [6.45, 7) is 47.0. The van der Waals surface area contributed by atoms with Crippen molar-refractivity contribution in [3.63, 3.8) is 0 Å². The van der Waals surface area contributed by atoms with Crippen LogP contribution >= 0.6 is 34.0 Å². The van der Waals surface area contributed by atoms with Crippen LogP contribution in [0, 0.1) is 54.3 Å². The number of benzene rings is 3. The lowest BCUT2D eigenvalue weighted by molar-refractivity contribution is -0.144. The molecule has 3 aromatic heterocycles. The van der Waals surface area contributed by atoms with Gasteiger partial charge in [-0.3, -0.25) is 38.4 Å². The van der Waals surface area contributed by atoms with Crippen LogP contribution in [0.1, 0.15) is 222 Å². The Kier molecular flexibility index (Phi) is 30.8. The summed E-state index contributed by atoms with van der Waals surface area (Å²) in [4.78, 5) is 127. The molecule has 3 aliphatic rings. The van der Waals surface area contributed by atoms with E-state index in [1.807, 2.05) is 183 Å². The fraction of sp³-hybridized carbons (Fsp3) is 0.588. The zero-order valence-electron chi connectivity index (χ0n) is 69.7. The van der Waals surface area contributed by atoms with Crippen LogP contribution in [0.2, 0.25) is 0 Å². The average Bonchev–Trinajstić information content (AvgIpc) is 1.80. The number of aliphatic hydroxyl groups is 3. The molecule has 0 bridgehead atoms. The maximum absolute atomic E-state index is 13.8. The fourth-order valence-electron chi connectivity index (χ4n) is 14.0. The van der Waals surface area contributed by atoms with E-state index in [0.29, 0.717) is 0 Å². The molecule has 0 radical (unpaired) electrons. The number of aromatic nitrogens is 3. The molecule has 3 fully saturated rings. The van der Waals surface area contributed by atoms with Gasteiger partial charge in [-0.1, -0.05) is 185 Å². The molecule has 3 saturated heterocycles. The lowest BCUT2D eigenvalue weighted by Crippen LogP contribution is -2.58. The summed E-state index contributed by atoms with van der Waals surface area (Å²) >= 11 is 4.81. The number of thiazole rings is 3. The topological polar surface area (TPSA) is 318 Å². The Morgan fingerprint density at radius 3 is 1.03 bits per heavy atom. The molecule has 0 aliphatic carbocycles. The number of β-amino-alcohol motifs (C(OH)–C–C–N with tert-alkyl or cyclic N) is 3. The summed E-state index contributed by atoms with van der Waals surface area (Å²) in [5.74, 6) is -2.74.